The summed E-state index contributed by atoms with van der Waals surface area (Å²) in [6.45, 7) is 10.3. The molecule has 15 heteroatoms. The standard InChI is InChI=1S/C41H55ClF3N7O4/c1-26-24-52(25-27(2)48(26)3)30-8-14-49(15-9-30)29-10-16-50(17-11-29)38(54)35(22-28-20-32(41(43,44)45)37(46)33(42)21-28)56-39(55)51-18-12-40(13-19-51)23-36(53)47-34-7-5-4-6-31(34)40/h4-7,20-21,26-27,29-30,35H,8-19,22-25,46H2,1-3H3,(H,47,53)/t26-,27+,35-/m1/s1. The summed E-state index contributed by atoms with van der Waals surface area (Å²) in [5.74, 6) is -0.518. The van der Waals surface area contributed by atoms with Gasteiger partial charge >= 0.3 is 12.3 Å². The minimum absolute atomic E-state index is 0.0750. The van der Waals surface area contributed by atoms with E-state index in [-0.39, 0.29) is 22.9 Å². The molecule has 7 rings (SSSR count). The Bertz CT molecular complexity index is 1760. The van der Waals surface area contributed by atoms with Crippen LogP contribution in [0.25, 0.3) is 0 Å². The fourth-order valence-electron chi connectivity index (χ4n) is 9.85. The Balaban J connectivity index is 1.00. The highest BCUT2D eigenvalue weighted by atomic mass is 35.5. The number of hydrogen-bond acceptors (Lipinski definition) is 8. The molecule has 5 heterocycles. The van der Waals surface area contributed by atoms with Crippen LogP contribution in [0, 0.1) is 0 Å². The van der Waals surface area contributed by atoms with E-state index < -0.39 is 40.9 Å². The van der Waals surface area contributed by atoms with Gasteiger partial charge in [-0.3, -0.25) is 19.4 Å². The number of alkyl halides is 3. The van der Waals surface area contributed by atoms with Crippen molar-refractivity contribution in [2.45, 2.75) is 107 Å². The SMILES string of the molecule is C[C@@H]1CN(C2CCN(C3CCN(C(=O)[C@@H](Cc4cc(Cl)c(N)c(C(F)(F)F)c4)OC(=O)N4CCC5(CC4)CC(=O)Nc4ccccc45)CC3)CC2)C[C@H](C)N1C. The molecule has 11 nitrogen and oxygen atoms in total. The van der Waals surface area contributed by atoms with E-state index in [9.17, 15) is 27.6 Å². The number of piperidine rings is 3. The molecule has 0 aliphatic carbocycles. The van der Waals surface area contributed by atoms with E-state index in [0.29, 0.717) is 69.6 Å². The molecular formula is C41H55ClF3N7O4. The number of nitrogens with one attached hydrogen (secondary N) is 1. The maximum absolute atomic E-state index is 14.2. The van der Waals surface area contributed by atoms with Gasteiger partial charge in [-0.05, 0) is 102 Å². The van der Waals surface area contributed by atoms with Crippen molar-refractivity contribution >= 4 is 40.9 Å². The molecule has 3 amide bonds. The maximum atomic E-state index is 14.2. The number of carbonyl (C=O) groups excluding carboxylic acids is 3. The van der Waals surface area contributed by atoms with Crippen molar-refractivity contribution in [3.05, 3.63) is 58.1 Å². The summed E-state index contributed by atoms with van der Waals surface area (Å²) < 4.78 is 47.7. The topological polar surface area (TPSA) is 115 Å². The number of hydrogen-bond donors (Lipinski definition) is 2. The average Bonchev–Trinajstić information content (AvgIpc) is 3.17. The largest absolute Gasteiger partial charge is 0.436 e. The molecule has 4 fully saturated rings. The molecule has 306 valence electrons. The van der Waals surface area contributed by atoms with Crippen LogP contribution < -0.4 is 11.1 Å². The summed E-state index contributed by atoms with van der Waals surface area (Å²) in [5, 5.41) is 2.65. The van der Waals surface area contributed by atoms with Crippen LogP contribution in [0.3, 0.4) is 0 Å². The van der Waals surface area contributed by atoms with Gasteiger partial charge in [-0.15, -0.1) is 0 Å². The number of ether oxygens (including phenoxy) is 1. The molecule has 5 aliphatic rings. The number of amides is 3. The summed E-state index contributed by atoms with van der Waals surface area (Å²) >= 11 is 6.17. The number of carbonyl (C=O) groups is 3. The van der Waals surface area contributed by atoms with Crippen LogP contribution in [0.5, 0.6) is 0 Å². The zero-order valence-corrected chi connectivity index (χ0v) is 33.4. The molecule has 3 atom stereocenters. The average molecular weight is 802 g/mol. The minimum Gasteiger partial charge on any atom is -0.436 e. The van der Waals surface area contributed by atoms with Crippen molar-refractivity contribution in [2.24, 2.45) is 0 Å². The molecule has 0 unspecified atom stereocenters. The monoisotopic (exact) mass is 801 g/mol. The number of nitrogens with two attached hydrogens (primary N) is 1. The molecule has 0 radical (unpaired) electrons. The van der Waals surface area contributed by atoms with Crippen LogP contribution in [-0.2, 0) is 32.3 Å². The van der Waals surface area contributed by atoms with Gasteiger partial charge in [0, 0.05) is 87.4 Å². The van der Waals surface area contributed by atoms with Crippen molar-refractivity contribution in [2.75, 3.05) is 70.5 Å². The lowest BCUT2D eigenvalue weighted by atomic mass is 9.68. The number of para-hydroxylation sites is 1. The van der Waals surface area contributed by atoms with Gasteiger partial charge in [-0.25, -0.2) is 4.79 Å². The van der Waals surface area contributed by atoms with Gasteiger partial charge in [0.1, 0.15) is 0 Å². The highest BCUT2D eigenvalue weighted by molar-refractivity contribution is 6.33. The van der Waals surface area contributed by atoms with Crippen LogP contribution in [0.4, 0.5) is 29.3 Å². The second kappa shape index (κ2) is 16.3. The highest BCUT2D eigenvalue weighted by Crippen LogP contribution is 2.45. The predicted molar refractivity (Wildman–Crippen MR) is 209 cm³/mol. The fourth-order valence-corrected chi connectivity index (χ4v) is 10.1. The number of nitrogen functional groups attached to an aromatic ring is 1. The van der Waals surface area contributed by atoms with E-state index in [4.69, 9.17) is 22.1 Å². The zero-order valence-electron chi connectivity index (χ0n) is 32.6. The van der Waals surface area contributed by atoms with Crippen molar-refractivity contribution in [3.63, 3.8) is 0 Å². The van der Waals surface area contributed by atoms with Crippen molar-refractivity contribution in [3.8, 4) is 0 Å². The van der Waals surface area contributed by atoms with Gasteiger partial charge in [0.15, 0.2) is 6.10 Å². The highest BCUT2D eigenvalue weighted by Gasteiger charge is 2.44. The lowest BCUT2D eigenvalue weighted by molar-refractivity contribution is -0.142. The minimum atomic E-state index is -4.77. The van der Waals surface area contributed by atoms with Crippen molar-refractivity contribution < 1.29 is 32.3 Å². The first-order chi connectivity index (χ1) is 26.6. The predicted octanol–water partition coefficient (Wildman–Crippen LogP) is 5.84. The van der Waals surface area contributed by atoms with Crippen LogP contribution in [0.1, 0.15) is 75.5 Å². The smallest absolute Gasteiger partial charge is 0.418 e. The maximum Gasteiger partial charge on any atom is 0.418 e. The Labute approximate surface area is 332 Å². The first-order valence-corrected chi connectivity index (χ1v) is 20.5. The van der Waals surface area contributed by atoms with E-state index >= 15 is 0 Å². The third kappa shape index (κ3) is 8.49. The molecule has 4 saturated heterocycles. The number of nitrogens with zero attached hydrogens (tertiary/aromatic N) is 5. The Morgan fingerprint density at radius 1 is 0.929 bits per heavy atom. The van der Waals surface area contributed by atoms with Crippen LogP contribution >= 0.6 is 11.6 Å². The number of benzene rings is 2. The fraction of sp³-hybridized carbons (Fsp3) is 0.634. The summed E-state index contributed by atoms with van der Waals surface area (Å²) in [6, 6.07) is 11.8. The lowest BCUT2D eigenvalue weighted by Crippen LogP contribution is -2.59. The number of anilines is 2. The van der Waals surface area contributed by atoms with Gasteiger partial charge in [0.2, 0.25) is 5.91 Å². The lowest BCUT2D eigenvalue weighted by Gasteiger charge is -2.49. The third-order valence-corrected chi connectivity index (χ3v) is 13.7. The number of piperazine rings is 1. The van der Waals surface area contributed by atoms with Gasteiger partial charge in [0.25, 0.3) is 5.91 Å². The number of halogens is 4. The van der Waals surface area contributed by atoms with Crippen LogP contribution in [0.15, 0.2) is 36.4 Å². The summed E-state index contributed by atoms with van der Waals surface area (Å²) in [5.41, 5.74) is 5.48. The third-order valence-electron chi connectivity index (χ3n) is 13.4. The van der Waals surface area contributed by atoms with Gasteiger partial charge in [-0.1, -0.05) is 29.8 Å². The van der Waals surface area contributed by atoms with Crippen molar-refractivity contribution in [1.29, 1.82) is 0 Å². The zero-order chi connectivity index (χ0) is 39.9. The summed E-state index contributed by atoms with van der Waals surface area (Å²) in [7, 11) is 2.21. The Kier molecular flexibility index (Phi) is 11.8. The van der Waals surface area contributed by atoms with Gasteiger partial charge < -0.3 is 30.5 Å². The van der Waals surface area contributed by atoms with E-state index in [1.54, 1.807) is 4.90 Å². The molecule has 0 saturated carbocycles. The molecule has 2 aromatic rings. The van der Waals surface area contributed by atoms with Gasteiger partial charge in [0.05, 0.1) is 16.3 Å². The molecular weight excluding hydrogens is 747 g/mol. The Morgan fingerprint density at radius 2 is 1.54 bits per heavy atom. The normalized spacial score (nSPS) is 25.2. The molecule has 0 aromatic heterocycles. The first-order valence-electron chi connectivity index (χ1n) is 20.1. The molecule has 5 aliphatic heterocycles. The molecule has 2 aromatic carbocycles. The summed E-state index contributed by atoms with van der Waals surface area (Å²) in [6.07, 6.45) is -2.07. The number of rotatable bonds is 6. The van der Waals surface area contributed by atoms with E-state index in [1.165, 1.54) is 11.0 Å². The quantitative estimate of drug-likeness (QED) is 0.351. The van der Waals surface area contributed by atoms with Crippen molar-refractivity contribution in [1.82, 2.24) is 24.5 Å². The van der Waals surface area contributed by atoms with E-state index in [2.05, 4.69) is 40.9 Å². The second-order valence-electron chi connectivity index (χ2n) is 16.8. The van der Waals surface area contributed by atoms with E-state index in [1.807, 2.05) is 24.3 Å². The number of fused-ring (bicyclic) bond motifs is 2. The summed E-state index contributed by atoms with van der Waals surface area (Å²) in [4.78, 5) is 51.5. The molecule has 3 N–H and O–H groups in total. The Morgan fingerprint density at radius 3 is 2.18 bits per heavy atom. The molecule has 1 spiro atoms. The first kappa shape index (κ1) is 40.6. The number of likely N-dealkylation sites (tertiary alicyclic amines) is 3. The van der Waals surface area contributed by atoms with Crippen LogP contribution in [-0.4, -0.2) is 132 Å². The van der Waals surface area contributed by atoms with Crippen LogP contribution in [0.2, 0.25) is 5.02 Å². The van der Waals surface area contributed by atoms with E-state index in [0.717, 1.165) is 69.2 Å². The molecule has 0 bridgehead atoms. The second-order valence-corrected chi connectivity index (χ2v) is 17.2. The number of likely N-dealkylation sites (N-methyl/N-ethyl adjacent to an activating group) is 1. The Hall–Kier alpha value is -3.59. The molecule has 56 heavy (non-hydrogen) atoms. The van der Waals surface area contributed by atoms with Gasteiger partial charge in [-0.2, -0.15) is 13.2 Å².